The van der Waals surface area contributed by atoms with Gasteiger partial charge in [-0.05, 0) is 111 Å². The van der Waals surface area contributed by atoms with E-state index < -0.39 is 0 Å². The molecule has 0 aromatic carbocycles. The topological polar surface area (TPSA) is 49.7 Å². The van der Waals surface area contributed by atoms with Gasteiger partial charge in [-0.25, -0.2) is 0 Å². The number of hydrogen-bond donors (Lipinski definition) is 2. The fraction of sp³-hybridized carbons (Fsp3) is 0.926. The third-order valence-corrected chi connectivity index (χ3v) is 11.0. The Hall–Kier alpha value is -0.540. The van der Waals surface area contributed by atoms with Crippen LogP contribution in [0.2, 0.25) is 0 Å². The molecule has 0 aromatic rings. The van der Waals surface area contributed by atoms with Crippen molar-refractivity contribution in [3.05, 3.63) is 11.3 Å². The molecular weight excluding hydrogens is 372 g/mol. The molecular formula is C27H44O3. The fourth-order valence-corrected chi connectivity index (χ4v) is 9.29. The lowest BCUT2D eigenvalue weighted by Gasteiger charge is -2.60. The van der Waals surface area contributed by atoms with Gasteiger partial charge in [-0.15, -0.1) is 0 Å². The molecule has 30 heavy (non-hydrogen) atoms. The van der Waals surface area contributed by atoms with E-state index >= 15 is 0 Å². The maximum absolute atomic E-state index is 10.3. The van der Waals surface area contributed by atoms with Crippen molar-refractivity contribution in [2.75, 3.05) is 6.61 Å². The Morgan fingerprint density at radius 2 is 1.80 bits per heavy atom. The minimum Gasteiger partial charge on any atom is -0.494 e. The molecule has 2 N–H and O–H groups in total. The summed E-state index contributed by atoms with van der Waals surface area (Å²) in [7, 11) is 0. The summed E-state index contributed by atoms with van der Waals surface area (Å²) in [6.45, 7) is 9.94. The first-order valence-corrected chi connectivity index (χ1v) is 12.9. The van der Waals surface area contributed by atoms with Gasteiger partial charge in [-0.3, -0.25) is 0 Å². The van der Waals surface area contributed by atoms with Gasteiger partial charge in [0.1, 0.15) is 6.10 Å². The van der Waals surface area contributed by atoms with Gasteiger partial charge in [0.05, 0.1) is 11.9 Å². The Balaban J connectivity index is 1.36. The highest BCUT2D eigenvalue weighted by Gasteiger charge is 2.64. The van der Waals surface area contributed by atoms with Gasteiger partial charge in [0.15, 0.2) is 0 Å². The Morgan fingerprint density at radius 1 is 1.03 bits per heavy atom. The number of allylic oxidation sites excluding steroid dienone is 1. The molecule has 3 heteroatoms. The third-order valence-electron chi connectivity index (χ3n) is 11.0. The van der Waals surface area contributed by atoms with E-state index in [1.54, 1.807) is 0 Å². The lowest BCUT2D eigenvalue weighted by molar-refractivity contribution is -0.124. The summed E-state index contributed by atoms with van der Waals surface area (Å²) < 4.78 is 6.64. The molecule has 0 radical (unpaired) electrons. The first kappa shape index (κ1) is 21.3. The lowest BCUT2D eigenvalue weighted by Crippen LogP contribution is -2.54. The molecule has 5 aliphatic rings. The zero-order chi connectivity index (χ0) is 21.3. The van der Waals surface area contributed by atoms with Crippen LogP contribution in [0.3, 0.4) is 0 Å². The molecule has 4 aliphatic carbocycles. The van der Waals surface area contributed by atoms with E-state index in [0.29, 0.717) is 28.8 Å². The summed E-state index contributed by atoms with van der Waals surface area (Å²) >= 11 is 0. The highest BCUT2D eigenvalue weighted by Crippen LogP contribution is 2.69. The van der Waals surface area contributed by atoms with Gasteiger partial charge in [0.2, 0.25) is 0 Å². The fourth-order valence-electron chi connectivity index (χ4n) is 9.29. The van der Waals surface area contributed by atoms with Crippen LogP contribution in [0.5, 0.6) is 0 Å². The standard InChI is InChI=1S/C27H44O3/c1-16(15-28)5-8-23-17(2)25-24(30-23)14-22-20-7-6-18-13-19(29)9-11-26(18,3)21(20)10-12-27(22,25)4/h16,18-22,24-25,28-29H,5-15H2,1-4H3/t16-,18+,19+,20+,21-,22+,24+,25+,26+,27-/m1/s1. The molecule has 1 heterocycles. The molecule has 0 saturated heterocycles. The molecule has 0 spiro atoms. The largest absolute Gasteiger partial charge is 0.494 e. The number of rotatable bonds is 4. The predicted molar refractivity (Wildman–Crippen MR) is 120 cm³/mol. The monoisotopic (exact) mass is 416 g/mol. The molecule has 170 valence electrons. The number of ether oxygens (including phenoxy) is 1. The summed E-state index contributed by atoms with van der Waals surface area (Å²) in [6.07, 6.45) is 12.4. The van der Waals surface area contributed by atoms with E-state index in [2.05, 4.69) is 27.7 Å². The molecule has 4 saturated carbocycles. The van der Waals surface area contributed by atoms with Crippen molar-refractivity contribution in [1.82, 2.24) is 0 Å². The summed E-state index contributed by atoms with van der Waals surface area (Å²) in [5.41, 5.74) is 2.39. The quantitative estimate of drug-likeness (QED) is 0.618. The smallest absolute Gasteiger partial charge is 0.106 e. The molecule has 0 aromatic heterocycles. The van der Waals surface area contributed by atoms with Gasteiger partial charge in [0, 0.05) is 18.9 Å². The van der Waals surface area contributed by atoms with E-state index in [-0.39, 0.29) is 12.7 Å². The van der Waals surface area contributed by atoms with Crippen molar-refractivity contribution in [2.24, 2.45) is 46.3 Å². The number of aliphatic hydroxyl groups excluding tert-OH is 2. The van der Waals surface area contributed by atoms with Crippen LogP contribution in [0.25, 0.3) is 0 Å². The predicted octanol–water partition coefficient (Wildman–Crippen LogP) is 5.70. The van der Waals surface area contributed by atoms with Crippen molar-refractivity contribution in [3.8, 4) is 0 Å². The van der Waals surface area contributed by atoms with Crippen LogP contribution < -0.4 is 0 Å². The van der Waals surface area contributed by atoms with E-state index in [1.165, 1.54) is 49.9 Å². The molecule has 4 fully saturated rings. The highest BCUT2D eigenvalue weighted by molar-refractivity contribution is 5.26. The molecule has 1 aliphatic heterocycles. The van der Waals surface area contributed by atoms with Crippen LogP contribution in [0, 0.1) is 46.3 Å². The van der Waals surface area contributed by atoms with Gasteiger partial charge in [0.25, 0.3) is 0 Å². The van der Waals surface area contributed by atoms with Crippen molar-refractivity contribution in [3.63, 3.8) is 0 Å². The number of hydrogen-bond acceptors (Lipinski definition) is 3. The zero-order valence-corrected chi connectivity index (χ0v) is 19.7. The summed E-state index contributed by atoms with van der Waals surface area (Å²) in [5, 5.41) is 19.7. The minimum absolute atomic E-state index is 0.0486. The Morgan fingerprint density at radius 3 is 2.57 bits per heavy atom. The minimum atomic E-state index is -0.0486. The van der Waals surface area contributed by atoms with E-state index in [9.17, 15) is 10.2 Å². The SMILES string of the molecule is CC1=C(CC[C@@H](C)CO)O[C@H]2C[C@H]3[C@H]4CC[C@H]5C[C@@H](O)CC[C@]5(C)[C@@H]4CC[C@@]3(C)[C@@H]12. The Bertz CT molecular complexity index is 700. The van der Waals surface area contributed by atoms with Crippen LogP contribution in [0.1, 0.15) is 91.9 Å². The van der Waals surface area contributed by atoms with Crippen molar-refractivity contribution in [1.29, 1.82) is 0 Å². The molecule has 3 nitrogen and oxygen atoms in total. The maximum atomic E-state index is 10.3. The second-order valence-electron chi connectivity index (χ2n) is 12.4. The highest BCUT2D eigenvalue weighted by atomic mass is 16.5. The van der Waals surface area contributed by atoms with Gasteiger partial charge < -0.3 is 14.9 Å². The second-order valence-corrected chi connectivity index (χ2v) is 12.4. The average molecular weight is 417 g/mol. The lowest BCUT2D eigenvalue weighted by atomic mass is 9.44. The summed E-state index contributed by atoms with van der Waals surface area (Å²) in [6, 6.07) is 0. The molecule has 0 amide bonds. The molecule has 5 rings (SSSR count). The second kappa shape index (κ2) is 7.51. The number of fused-ring (bicyclic) bond motifs is 7. The van der Waals surface area contributed by atoms with Crippen molar-refractivity contribution in [2.45, 2.75) is 104 Å². The van der Waals surface area contributed by atoms with Gasteiger partial charge in [-0.1, -0.05) is 20.8 Å². The van der Waals surface area contributed by atoms with Crippen molar-refractivity contribution < 1.29 is 14.9 Å². The zero-order valence-electron chi connectivity index (χ0n) is 19.7. The van der Waals surface area contributed by atoms with Crippen LogP contribution >= 0.6 is 0 Å². The van der Waals surface area contributed by atoms with Crippen LogP contribution in [-0.2, 0) is 4.74 Å². The van der Waals surface area contributed by atoms with Crippen molar-refractivity contribution >= 4 is 0 Å². The van der Waals surface area contributed by atoms with Crippen LogP contribution in [0.15, 0.2) is 11.3 Å². The maximum Gasteiger partial charge on any atom is 0.106 e. The van der Waals surface area contributed by atoms with Crippen LogP contribution in [-0.4, -0.2) is 29.0 Å². The first-order valence-electron chi connectivity index (χ1n) is 12.9. The normalized spacial score (nSPS) is 50.9. The number of aliphatic hydroxyl groups is 2. The van der Waals surface area contributed by atoms with Gasteiger partial charge >= 0.3 is 0 Å². The summed E-state index contributed by atoms with van der Waals surface area (Å²) in [4.78, 5) is 0. The molecule has 10 atom stereocenters. The van der Waals surface area contributed by atoms with E-state index in [0.717, 1.165) is 49.4 Å². The van der Waals surface area contributed by atoms with Crippen LogP contribution in [0.4, 0.5) is 0 Å². The van der Waals surface area contributed by atoms with E-state index in [4.69, 9.17) is 4.74 Å². The first-order chi connectivity index (χ1) is 14.3. The van der Waals surface area contributed by atoms with Gasteiger partial charge in [-0.2, -0.15) is 0 Å². The van der Waals surface area contributed by atoms with E-state index in [1.807, 2.05) is 0 Å². The molecule has 0 unspecified atom stereocenters. The Labute approximate surface area is 183 Å². The average Bonchev–Trinajstić information content (AvgIpc) is 3.20. The molecule has 0 bridgehead atoms. The summed E-state index contributed by atoms with van der Waals surface area (Å²) in [5.74, 6) is 5.49. The Kier molecular flexibility index (Phi) is 5.33. The third kappa shape index (κ3) is 3.04.